The van der Waals surface area contributed by atoms with Crippen LogP contribution in [0.4, 0.5) is 23.8 Å². The first kappa shape index (κ1) is 23.2. The first-order valence-corrected chi connectivity index (χ1v) is 13.0. The van der Waals surface area contributed by atoms with Crippen LogP contribution in [0, 0.1) is 10.8 Å². The van der Waals surface area contributed by atoms with Crippen LogP contribution in [-0.4, -0.2) is 79.6 Å². The molecule has 4 heterocycles. The molecule has 2 saturated heterocycles. The molecule has 3 saturated carbocycles. The van der Waals surface area contributed by atoms with Crippen molar-refractivity contribution in [3.8, 4) is 0 Å². The van der Waals surface area contributed by atoms with Crippen LogP contribution in [0.1, 0.15) is 61.9 Å². The van der Waals surface area contributed by atoms with Gasteiger partial charge in [0.25, 0.3) is 0 Å². The van der Waals surface area contributed by atoms with E-state index in [-0.39, 0.29) is 42.8 Å². The molecule has 0 bridgehead atoms. The number of nitrogens with one attached hydrogen (secondary N) is 1. The van der Waals surface area contributed by atoms with Crippen molar-refractivity contribution in [2.75, 3.05) is 38.0 Å². The summed E-state index contributed by atoms with van der Waals surface area (Å²) in [4.78, 5) is 25.2. The standard InChI is InChI=1S/C25H30F3N7O2/c26-25(27,28)23(3-4-23)12-30-19-2-1-16(9-29-19)17-10-33(11-17)21(36)34-13-22(14-34)7-18(8-22)35-15-31-20(32-35)24(37)5-6-24/h1-2,9,15,17-18,37H,3-8,10-14H2,(H,29,30). The lowest BCUT2D eigenvalue weighted by Crippen LogP contribution is -2.67. The third-order valence-electron chi connectivity index (χ3n) is 9.16. The minimum atomic E-state index is -4.18. The van der Waals surface area contributed by atoms with E-state index in [0.29, 0.717) is 24.7 Å². The third kappa shape index (κ3) is 3.86. The van der Waals surface area contributed by atoms with Crippen molar-refractivity contribution in [2.45, 2.75) is 62.3 Å². The molecule has 2 aromatic heterocycles. The molecule has 0 unspecified atom stereocenters. The molecule has 0 aromatic carbocycles. The van der Waals surface area contributed by atoms with Gasteiger partial charge in [-0.05, 0) is 50.2 Å². The molecule has 7 rings (SSSR count). The van der Waals surface area contributed by atoms with E-state index >= 15 is 0 Å². The van der Waals surface area contributed by atoms with Crippen LogP contribution in [0.2, 0.25) is 0 Å². The van der Waals surface area contributed by atoms with Gasteiger partial charge in [0.1, 0.15) is 17.7 Å². The molecule has 37 heavy (non-hydrogen) atoms. The van der Waals surface area contributed by atoms with Gasteiger partial charge in [-0.1, -0.05) is 6.07 Å². The van der Waals surface area contributed by atoms with E-state index in [2.05, 4.69) is 20.4 Å². The zero-order valence-electron chi connectivity index (χ0n) is 20.4. The Balaban J connectivity index is 0.852. The smallest absolute Gasteiger partial charge is 0.382 e. The second kappa shape index (κ2) is 7.58. The Bertz CT molecular complexity index is 1200. The number of amides is 2. The van der Waals surface area contributed by atoms with Crippen molar-refractivity contribution in [2.24, 2.45) is 10.8 Å². The second-order valence-corrected chi connectivity index (χ2v) is 12.0. The normalized spacial score (nSPS) is 25.3. The Kier molecular flexibility index (Phi) is 4.76. The summed E-state index contributed by atoms with van der Waals surface area (Å²) in [6.07, 6.45) is 2.96. The zero-order chi connectivity index (χ0) is 25.6. The fraction of sp³-hybridized carbons (Fsp3) is 0.680. The molecule has 12 heteroatoms. The van der Waals surface area contributed by atoms with E-state index in [9.17, 15) is 23.1 Å². The van der Waals surface area contributed by atoms with Gasteiger partial charge in [-0.25, -0.2) is 19.4 Å². The van der Waals surface area contributed by atoms with Gasteiger partial charge in [0.05, 0.1) is 11.5 Å². The molecule has 2 amide bonds. The van der Waals surface area contributed by atoms with E-state index < -0.39 is 17.2 Å². The SMILES string of the molecule is O=C(N1CC(c2ccc(NCC3(C(F)(F)F)CC3)nc2)C1)N1CC2(CC(n3cnc(C4(O)CC4)n3)C2)C1. The Morgan fingerprint density at radius 3 is 2.41 bits per heavy atom. The van der Waals surface area contributed by atoms with Crippen LogP contribution in [-0.2, 0) is 5.60 Å². The van der Waals surface area contributed by atoms with Crippen molar-refractivity contribution in [1.82, 2.24) is 29.5 Å². The lowest BCUT2D eigenvalue weighted by Gasteiger charge is -2.60. The number of alkyl halides is 3. The summed E-state index contributed by atoms with van der Waals surface area (Å²) in [5, 5.41) is 17.5. The lowest BCUT2D eigenvalue weighted by atomic mass is 9.61. The highest BCUT2D eigenvalue weighted by atomic mass is 19.4. The van der Waals surface area contributed by atoms with Gasteiger partial charge < -0.3 is 20.2 Å². The number of nitrogens with zero attached hydrogens (tertiary/aromatic N) is 6. The van der Waals surface area contributed by atoms with Crippen molar-refractivity contribution in [1.29, 1.82) is 0 Å². The number of hydrogen-bond donors (Lipinski definition) is 2. The highest BCUT2D eigenvalue weighted by Crippen LogP contribution is 2.57. The summed E-state index contributed by atoms with van der Waals surface area (Å²) in [6.45, 7) is 2.63. The zero-order valence-corrected chi connectivity index (χ0v) is 20.4. The highest BCUT2D eigenvalue weighted by Gasteiger charge is 2.63. The molecular formula is C25H30F3N7O2. The number of anilines is 1. The second-order valence-electron chi connectivity index (χ2n) is 12.0. The van der Waals surface area contributed by atoms with Gasteiger partial charge in [-0.3, -0.25) is 0 Å². The highest BCUT2D eigenvalue weighted by molar-refractivity contribution is 5.77. The molecule has 0 atom stereocenters. The minimum Gasteiger partial charge on any atom is -0.382 e. The van der Waals surface area contributed by atoms with E-state index in [1.165, 1.54) is 0 Å². The molecular weight excluding hydrogens is 487 g/mol. The summed E-state index contributed by atoms with van der Waals surface area (Å²) < 4.78 is 41.2. The van der Waals surface area contributed by atoms with Crippen molar-refractivity contribution >= 4 is 11.8 Å². The van der Waals surface area contributed by atoms with E-state index in [1.54, 1.807) is 18.6 Å². The predicted molar refractivity (Wildman–Crippen MR) is 126 cm³/mol. The van der Waals surface area contributed by atoms with Crippen LogP contribution < -0.4 is 5.32 Å². The van der Waals surface area contributed by atoms with Crippen LogP contribution >= 0.6 is 0 Å². The number of aromatic nitrogens is 4. The van der Waals surface area contributed by atoms with Crippen LogP contribution in [0.25, 0.3) is 0 Å². The molecule has 0 radical (unpaired) electrons. The Labute approximate surface area is 212 Å². The molecule has 5 aliphatic rings. The fourth-order valence-electron chi connectivity index (χ4n) is 6.06. The number of urea groups is 1. The van der Waals surface area contributed by atoms with Crippen molar-refractivity contribution in [3.63, 3.8) is 0 Å². The summed E-state index contributed by atoms with van der Waals surface area (Å²) in [5.41, 5.74) is -1.24. The minimum absolute atomic E-state index is 0.0671. The Morgan fingerprint density at radius 2 is 1.81 bits per heavy atom. The average Bonchev–Trinajstić information content (AvgIpc) is 3.68. The number of rotatable bonds is 6. The van der Waals surface area contributed by atoms with Gasteiger partial charge in [0.2, 0.25) is 0 Å². The first-order valence-electron chi connectivity index (χ1n) is 13.0. The number of aliphatic hydroxyl groups is 1. The van der Waals surface area contributed by atoms with Crippen LogP contribution in [0.5, 0.6) is 0 Å². The Morgan fingerprint density at radius 1 is 1.08 bits per heavy atom. The molecule has 198 valence electrons. The van der Waals surface area contributed by atoms with Crippen LogP contribution in [0.3, 0.4) is 0 Å². The van der Waals surface area contributed by atoms with Gasteiger partial charge in [0, 0.05) is 50.3 Å². The molecule has 5 fully saturated rings. The summed E-state index contributed by atoms with van der Waals surface area (Å²) >= 11 is 0. The summed E-state index contributed by atoms with van der Waals surface area (Å²) in [5.74, 6) is 1.17. The number of hydrogen-bond acceptors (Lipinski definition) is 6. The maximum Gasteiger partial charge on any atom is 0.396 e. The van der Waals surface area contributed by atoms with Crippen molar-refractivity contribution < 1.29 is 23.1 Å². The third-order valence-corrected chi connectivity index (χ3v) is 9.16. The number of halogens is 3. The molecule has 1 spiro atoms. The van der Waals surface area contributed by atoms with Gasteiger partial charge in [-0.2, -0.15) is 18.3 Å². The topological polar surface area (TPSA) is 99.4 Å². The maximum atomic E-state index is 13.1. The lowest BCUT2D eigenvalue weighted by molar-refractivity contribution is -0.182. The van der Waals surface area contributed by atoms with E-state index in [1.807, 2.05) is 20.5 Å². The first-order chi connectivity index (χ1) is 17.6. The number of pyridine rings is 1. The molecule has 9 nitrogen and oxygen atoms in total. The van der Waals surface area contributed by atoms with E-state index in [4.69, 9.17) is 0 Å². The number of likely N-dealkylation sites (tertiary alicyclic amines) is 2. The molecule has 2 N–H and O–H groups in total. The maximum absolute atomic E-state index is 13.1. The molecule has 2 aliphatic heterocycles. The van der Waals surface area contributed by atoms with Crippen LogP contribution in [0.15, 0.2) is 24.7 Å². The molecule has 2 aromatic rings. The van der Waals surface area contributed by atoms with E-state index in [0.717, 1.165) is 44.3 Å². The average molecular weight is 518 g/mol. The number of carbonyl (C=O) groups is 1. The quantitative estimate of drug-likeness (QED) is 0.610. The number of carbonyl (C=O) groups excluding carboxylic acids is 1. The van der Waals surface area contributed by atoms with Gasteiger partial charge in [0.15, 0.2) is 5.82 Å². The van der Waals surface area contributed by atoms with Gasteiger partial charge >= 0.3 is 12.2 Å². The van der Waals surface area contributed by atoms with Crippen molar-refractivity contribution in [3.05, 3.63) is 36.0 Å². The summed E-state index contributed by atoms with van der Waals surface area (Å²) in [6, 6.07) is 3.96. The summed E-state index contributed by atoms with van der Waals surface area (Å²) in [7, 11) is 0. The largest absolute Gasteiger partial charge is 0.396 e. The van der Waals surface area contributed by atoms with Gasteiger partial charge in [-0.15, -0.1) is 0 Å². The fourth-order valence-corrected chi connectivity index (χ4v) is 6.06. The molecule has 3 aliphatic carbocycles. The predicted octanol–water partition coefficient (Wildman–Crippen LogP) is 3.27. The monoisotopic (exact) mass is 517 g/mol. The Hall–Kier alpha value is -2.89.